The maximum absolute atomic E-state index is 14.1. The van der Waals surface area contributed by atoms with Crippen molar-refractivity contribution in [3.8, 4) is 0 Å². The van der Waals surface area contributed by atoms with E-state index >= 15 is 0 Å². The van der Waals surface area contributed by atoms with Crippen LogP contribution in [0.3, 0.4) is 0 Å². The summed E-state index contributed by atoms with van der Waals surface area (Å²) in [6.07, 6.45) is 6.08. The number of piperidine rings is 1. The monoisotopic (exact) mass is 740 g/mol. The quantitative estimate of drug-likeness (QED) is 0.241. The van der Waals surface area contributed by atoms with E-state index in [-0.39, 0.29) is 37.5 Å². The van der Waals surface area contributed by atoms with Crippen molar-refractivity contribution >= 4 is 29.5 Å². The third-order valence-corrected chi connectivity index (χ3v) is 11.4. The molecule has 0 spiro atoms. The zero-order chi connectivity index (χ0) is 39.0. The molecule has 0 aliphatic carbocycles. The third kappa shape index (κ3) is 10.1. The van der Waals surface area contributed by atoms with Crippen LogP contribution >= 0.6 is 0 Å². The Hall–Kier alpha value is -3.29. The molecule has 3 aliphatic heterocycles. The summed E-state index contributed by atoms with van der Waals surface area (Å²) in [5.74, 6) is -7.43. The Bertz CT molecular complexity index is 1500. The van der Waals surface area contributed by atoms with Gasteiger partial charge in [0.2, 0.25) is 5.79 Å². The van der Waals surface area contributed by atoms with E-state index in [4.69, 9.17) is 18.9 Å². The standard InChI is InChI=1S/C41H60N2O10/c1-9-30-19-24(2)18-25(3)20-34(50-7)37-35(51-8)22-27(5)41(49,53-37)38(46)39(47)43-17-11-10-12-31(43)40(48)52-36(28(6)32(44)23-33(30)45)26(4)21-29-13-15-42-16-14-29/h13-16,19,21,25,27-28,30-32,34-37,44,49H,9-12,17-18,20,22-23H2,1-8H3/b24-19+,26-21+/t25-,27+,28+,30+,31-,32-,34-,35-,36+,37+,41+/m0/s1. The largest absolute Gasteiger partial charge is 0.456 e. The zero-order valence-electron chi connectivity index (χ0n) is 32.7. The normalized spacial score (nSPS) is 37.2. The molecule has 1 amide bonds. The van der Waals surface area contributed by atoms with Crippen LogP contribution in [0, 0.1) is 23.7 Å². The Labute approximate surface area is 314 Å². The number of pyridine rings is 1. The van der Waals surface area contributed by atoms with E-state index in [0.717, 1.165) is 11.1 Å². The van der Waals surface area contributed by atoms with Gasteiger partial charge in [-0.1, -0.05) is 45.4 Å². The van der Waals surface area contributed by atoms with Gasteiger partial charge >= 0.3 is 5.97 Å². The first-order valence-electron chi connectivity index (χ1n) is 19.1. The lowest BCUT2D eigenvalue weighted by molar-refractivity contribution is -0.302. The van der Waals surface area contributed by atoms with Crippen LogP contribution in [0.25, 0.3) is 6.08 Å². The molecule has 0 radical (unpaired) electrons. The maximum atomic E-state index is 14.1. The number of carbonyl (C=O) groups is 4. The summed E-state index contributed by atoms with van der Waals surface area (Å²) in [6.45, 7) is 11.2. The van der Waals surface area contributed by atoms with E-state index in [2.05, 4.69) is 11.9 Å². The van der Waals surface area contributed by atoms with Gasteiger partial charge in [-0.3, -0.25) is 19.4 Å². The highest BCUT2D eigenvalue weighted by Gasteiger charge is 2.56. The number of hydrogen-bond acceptors (Lipinski definition) is 11. The summed E-state index contributed by atoms with van der Waals surface area (Å²) in [5.41, 5.74) is 2.42. The van der Waals surface area contributed by atoms with Gasteiger partial charge < -0.3 is 34.1 Å². The lowest BCUT2D eigenvalue weighted by Gasteiger charge is -2.47. The highest BCUT2D eigenvalue weighted by Crippen LogP contribution is 2.39. The van der Waals surface area contributed by atoms with Crippen molar-refractivity contribution in [2.45, 2.75) is 135 Å². The molecule has 1 aromatic rings. The molecule has 294 valence electrons. The van der Waals surface area contributed by atoms with Crippen LogP contribution in [0.15, 0.2) is 41.7 Å². The van der Waals surface area contributed by atoms with Crippen LogP contribution in [0.2, 0.25) is 0 Å². The first-order valence-corrected chi connectivity index (χ1v) is 19.1. The van der Waals surface area contributed by atoms with Crippen molar-refractivity contribution in [1.29, 1.82) is 0 Å². The fourth-order valence-corrected chi connectivity index (χ4v) is 8.18. The maximum Gasteiger partial charge on any atom is 0.329 e. The van der Waals surface area contributed by atoms with E-state index in [1.807, 2.05) is 26.0 Å². The molecule has 12 heteroatoms. The van der Waals surface area contributed by atoms with Crippen molar-refractivity contribution in [1.82, 2.24) is 9.88 Å². The van der Waals surface area contributed by atoms with Crippen molar-refractivity contribution in [3.63, 3.8) is 0 Å². The Morgan fingerprint density at radius 3 is 2.34 bits per heavy atom. The summed E-state index contributed by atoms with van der Waals surface area (Å²) < 4.78 is 24.1. The van der Waals surface area contributed by atoms with Crippen molar-refractivity contribution in [3.05, 3.63) is 47.3 Å². The van der Waals surface area contributed by atoms with Crippen molar-refractivity contribution in [2.75, 3.05) is 20.8 Å². The van der Waals surface area contributed by atoms with E-state index in [1.54, 1.807) is 45.3 Å². The Morgan fingerprint density at radius 1 is 1.04 bits per heavy atom. The van der Waals surface area contributed by atoms with Crippen LogP contribution < -0.4 is 0 Å². The van der Waals surface area contributed by atoms with Crippen LogP contribution in [-0.2, 0) is 38.1 Å². The molecule has 0 saturated carbocycles. The molecular formula is C41H60N2O10. The minimum Gasteiger partial charge on any atom is -0.456 e. The number of ether oxygens (including phenoxy) is 4. The van der Waals surface area contributed by atoms with Crippen LogP contribution in [-0.4, -0.2) is 107 Å². The molecule has 2 saturated heterocycles. The highest BCUT2D eigenvalue weighted by molar-refractivity contribution is 6.39. The SMILES string of the molecule is CC[C@@H]1/C=C(\C)C[C@H](C)C[C@H](OC)[C@H]2O[C@@](O)(C(=O)C(=O)N3CCCC[C@H]3C(=O)O[C@H](/C(C)=C/c3ccncc3)[C@H](C)[C@@H](O)CC1=O)[C@H](C)C[C@@H]2OC. The molecule has 53 heavy (non-hydrogen) atoms. The highest BCUT2D eigenvalue weighted by atomic mass is 16.7. The number of carbonyl (C=O) groups excluding carboxylic acids is 4. The summed E-state index contributed by atoms with van der Waals surface area (Å²) in [7, 11) is 3.07. The minimum absolute atomic E-state index is 0.0441. The zero-order valence-corrected chi connectivity index (χ0v) is 32.7. The number of aromatic nitrogens is 1. The molecule has 0 aromatic carbocycles. The lowest BCUT2D eigenvalue weighted by Crippen LogP contribution is -2.64. The summed E-state index contributed by atoms with van der Waals surface area (Å²) in [6, 6.07) is 2.48. The number of cyclic esters (lactones) is 1. The average Bonchev–Trinajstić information content (AvgIpc) is 3.14. The summed E-state index contributed by atoms with van der Waals surface area (Å²) >= 11 is 0. The van der Waals surface area contributed by atoms with Gasteiger partial charge in [-0.2, -0.15) is 0 Å². The molecule has 4 rings (SSSR count). The van der Waals surface area contributed by atoms with Crippen LogP contribution in [0.5, 0.6) is 0 Å². The van der Waals surface area contributed by atoms with Gasteiger partial charge in [-0.25, -0.2) is 4.79 Å². The number of aliphatic hydroxyl groups excluding tert-OH is 1. The Balaban J connectivity index is 1.78. The number of methoxy groups -OCH3 is 2. The van der Waals surface area contributed by atoms with Crippen LogP contribution in [0.4, 0.5) is 0 Å². The van der Waals surface area contributed by atoms with Crippen LogP contribution in [0.1, 0.15) is 98.5 Å². The number of fused-ring (bicyclic) bond motifs is 3. The second-order valence-corrected chi connectivity index (χ2v) is 15.5. The van der Waals surface area contributed by atoms with Gasteiger partial charge in [-0.05, 0) is 88.0 Å². The smallest absolute Gasteiger partial charge is 0.329 e. The minimum atomic E-state index is -2.49. The molecule has 2 bridgehead atoms. The molecule has 11 atom stereocenters. The second-order valence-electron chi connectivity index (χ2n) is 15.5. The third-order valence-electron chi connectivity index (χ3n) is 11.4. The number of rotatable bonds is 5. The van der Waals surface area contributed by atoms with Crippen molar-refractivity contribution < 1.29 is 48.3 Å². The molecule has 2 N–H and O–H groups in total. The predicted octanol–water partition coefficient (Wildman–Crippen LogP) is 4.85. The number of esters is 1. The van der Waals surface area contributed by atoms with Crippen molar-refractivity contribution in [2.24, 2.45) is 23.7 Å². The number of nitrogens with zero attached hydrogens (tertiary/aromatic N) is 2. The van der Waals surface area contributed by atoms with Gasteiger partial charge in [0.05, 0.1) is 18.3 Å². The van der Waals surface area contributed by atoms with E-state index in [0.29, 0.717) is 37.7 Å². The number of amides is 1. The van der Waals surface area contributed by atoms with E-state index < -0.39 is 77.8 Å². The van der Waals surface area contributed by atoms with Gasteiger partial charge in [-0.15, -0.1) is 0 Å². The summed E-state index contributed by atoms with van der Waals surface area (Å²) in [4.78, 5) is 61.3. The van der Waals surface area contributed by atoms with E-state index in [9.17, 15) is 29.4 Å². The molecule has 1 aromatic heterocycles. The first-order chi connectivity index (χ1) is 25.1. The summed E-state index contributed by atoms with van der Waals surface area (Å²) in [5, 5.41) is 23.5. The van der Waals surface area contributed by atoms with Gasteiger partial charge in [0, 0.05) is 57.3 Å². The topological polar surface area (TPSA) is 162 Å². The molecule has 12 nitrogen and oxygen atoms in total. The van der Waals surface area contributed by atoms with Gasteiger partial charge in [0.1, 0.15) is 24.0 Å². The van der Waals surface area contributed by atoms with E-state index in [1.165, 1.54) is 19.1 Å². The average molecular weight is 741 g/mol. The van der Waals surface area contributed by atoms with Gasteiger partial charge in [0.15, 0.2) is 0 Å². The number of ketones is 2. The molecular weight excluding hydrogens is 680 g/mol. The number of hydrogen-bond donors (Lipinski definition) is 2. The number of Topliss-reactive ketones (excluding diaryl/α,β-unsaturated/α-hetero) is 2. The number of allylic oxidation sites excluding steroid dienone is 2. The second kappa shape index (κ2) is 18.8. The molecule has 2 fully saturated rings. The molecule has 0 unspecified atom stereocenters. The lowest BCUT2D eigenvalue weighted by atomic mass is 9.82. The Morgan fingerprint density at radius 2 is 1.70 bits per heavy atom. The fourth-order valence-electron chi connectivity index (χ4n) is 8.18. The first kappa shape index (κ1) is 42.5. The predicted molar refractivity (Wildman–Crippen MR) is 198 cm³/mol. The fraction of sp³-hybridized carbons (Fsp3) is 0.683. The Kier molecular flexibility index (Phi) is 15.1. The number of aliphatic hydroxyl groups is 2. The van der Waals surface area contributed by atoms with Gasteiger partial charge in [0.25, 0.3) is 11.7 Å². The molecule has 3 aliphatic rings. The molecule has 4 heterocycles.